The molecule has 0 aromatic heterocycles. The average molecular weight is 440 g/mol. The van der Waals surface area contributed by atoms with Crippen LogP contribution in [0.1, 0.15) is 35.7 Å². The van der Waals surface area contributed by atoms with Crippen LogP contribution in [-0.4, -0.2) is 35.9 Å². The summed E-state index contributed by atoms with van der Waals surface area (Å²) in [5.74, 6) is 0.667. The number of carbonyl (C=O) groups is 2. The van der Waals surface area contributed by atoms with Crippen molar-refractivity contribution in [2.24, 2.45) is 0 Å². The Morgan fingerprint density at radius 1 is 0.909 bits per heavy atom. The predicted octanol–water partition coefficient (Wildman–Crippen LogP) is 4.87. The molecule has 166 valence electrons. The number of ether oxygens (including phenoxy) is 1. The molecule has 1 N–H and O–H groups in total. The Balaban J connectivity index is 1.29. The van der Waals surface area contributed by atoms with Crippen molar-refractivity contribution in [2.75, 3.05) is 18.4 Å². The Labute approximate surface area is 193 Å². The van der Waals surface area contributed by atoms with Gasteiger partial charge in [-0.15, -0.1) is 0 Å². The number of nitrogens with one attached hydrogen (secondary N) is 1. The number of likely N-dealkylation sites (tertiary alicyclic amines) is 1. The summed E-state index contributed by atoms with van der Waals surface area (Å²) in [6.07, 6.45) is 1.61. The van der Waals surface area contributed by atoms with Crippen molar-refractivity contribution in [3.8, 4) is 22.9 Å². The summed E-state index contributed by atoms with van der Waals surface area (Å²) in [4.78, 5) is 25.8. The highest BCUT2D eigenvalue weighted by Crippen LogP contribution is 2.25. The zero-order valence-electron chi connectivity index (χ0n) is 18.5. The third-order valence-electron chi connectivity index (χ3n) is 5.69. The molecule has 1 heterocycles. The second kappa shape index (κ2) is 10.0. The van der Waals surface area contributed by atoms with Gasteiger partial charge in [-0.1, -0.05) is 24.3 Å². The van der Waals surface area contributed by atoms with Crippen LogP contribution >= 0.6 is 0 Å². The average Bonchev–Trinajstić information content (AvgIpc) is 2.85. The molecule has 1 aliphatic rings. The molecule has 0 atom stereocenters. The number of nitriles is 1. The zero-order chi connectivity index (χ0) is 23.2. The van der Waals surface area contributed by atoms with E-state index in [9.17, 15) is 9.59 Å². The van der Waals surface area contributed by atoms with E-state index in [4.69, 9.17) is 10.00 Å². The number of nitrogens with zero attached hydrogens (tertiary/aromatic N) is 2. The molecule has 33 heavy (non-hydrogen) atoms. The molecular formula is C27H25N3O3. The van der Waals surface area contributed by atoms with Gasteiger partial charge in [0.15, 0.2) is 0 Å². The van der Waals surface area contributed by atoms with Crippen molar-refractivity contribution in [3.05, 3.63) is 83.9 Å². The van der Waals surface area contributed by atoms with Gasteiger partial charge in [0.05, 0.1) is 11.6 Å². The summed E-state index contributed by atoms with van der Waals surface area (Å²) in [6.45, 7) is 2.73. The van der Waals surface area contributed by atoms with Crippen LogP contribution < -0.4 is 10.1 Å². The molecule has 0 aliphatic carbocycles. The lowest BCUT2D eigenvalue weighted by Gasteiger charge is -2.32. The Bertz CT molecular complexity index is 1160. The van der Waals surface area contributed by atoms with Crippen molar-refractivity contribution in [1.82, 2.24) is 4.90 Å². The number of anilines is 1. The highest BCUT2D eigenvalue weighted by molar-refractivity contribution is 5.95. The highest BCUT2D eigenvalue weighted by atomic mass is 16.5. The summed E-state index contributed by atoms with van der Waals surface area (Å²) in [5.41, 5.74) is 4.05. The summed E-state index contributed by atoms with van der Waals surface area (Å²) >= 11 is 0. The molecule has 1 aliphatic heterocycles. The van der Waals surface area contributed by atoms with Crippen LogP contribution in [-0.2, 0) is 4.79 Å². The Morgan fingerprint density at radius 2 is 1.48 bits per heavy atom. The molecular weight excluding hydrogens is 414 g/mol. The van der Waals surface area contributed by atoms with Gasteiger partial charge in [0.2, 0.25) is 5.91 Å². The minimum atomic E-state index is -0.139. The Morgan fingerprint density at radius 3 is 2.03 bits per heavy atom. The van der Waals surface area contributed by atoms with Crippen molar-refractivity contribution in [3.63, 3.8) is 0 Å². The molecule has 1 fully saturated rings. The molecule has 0 radical (unpaired) electrons. The molecule has 0 bridgehead atoms. The van der Waals surface area contributed by atoms with Crippen LogP contribution in [0, 0.1) is 11.3 Å². The summed E-state index contributed by atoms with van der Waals surface area (Å²) < 4.78 is 6.15. The maximum atomic E-state index is 12.8. The highest BCUT2D eigenvalue weighted by Gasteiger charge is 2.24. The fourth-order valence-corrected chi connectivity index (χ4v) is 3.91. The summed E-state index contributed by atoms with van der Waals surface area (Å²) in [5, 5.41) is 11.6. The second-order valence-electron chi connectivity index (χ2n) is 8.08. The van der Waals surface area contributed by atoms with E-state index in [-0.39, 0.29) is 17.9 Å². The molecule has 3 aromatic carbocycles. The van der Waals surface area contributed by atoms with E-state index in [1.54, 1.807) is 24.3 Å². The molecule has 3 aromatic rings. The number of benzene rings is 3. The molecule has 1 saturated heterocycles. The fraction of sp³-hybridized carbons (Fsp3) is 0.222. The van der Waals surface area contributed by atoms with Crippen LogP contribution in [0.15, 0.2) is 72.8 Å². The molecule has 6 nitrogen and oxygen atoms in total. The minimum absolute atomic E-state index is 0.00501. The smallest absolute Gasteiger partial charge is 0.253 e. The first-order valence-electron chi connectivity index (χ1n) is 11.0. The van der Waals surface area contributed by atoms with Gasteiger partial charge in [0, 0.05) is 44.1 Å². The monoisotopic (exact) mass is 439 g/mol. The quantitative estimate of drug-likeness (QED) is 0.615. The molecule has 0 spiro atoms. The lowest BCUT2D eigenvalue weighted by Crippen LogP contribution is -2.41. The molecule has 0 saturated carbocycles. The first kappa shape index (κ1) is 22.1. The molecule has 4 rings (SSSR count). The number of carbonyl (C=O) groups excluding carboxylic acids is 2. The number of piperidine rings is 1. The van der Waals surface area contributed by atoms with E-state index < -0.39 is 0 Å². The largest absolute Gasteiger partial charge is 0.490 e. The molecule has 6 heteroatoms. The van der Waals surface area contributed by atoms with Crippen molar-refractivity contribution < 1.29 is 14.3 Å². The van der Waals surface area contributed by atoms with E-state index in [0.717, 1.165) is 29.7 Å². The van der Waals surface area contributed by atoms with Gasteiger partial charge in [-0.2, -0.15) is 5.26 Å². The third-order valence-corrected chi connectivity index (χ3v) is 5.69. The third kappa shape index (κ3) is 5.58. The fourth-order valence-electron chi connectivity index (χ4n) is 3.91. The normalized spacial score (nSPS) is 13.8. The van der Waals surface area contributed by atoms with Crippen molar-refractivity contribution in [2.45, 2.75) is 25.9 Å². The first-order chi connectivity index (χ1) is 16.0. The predicted molar refractivity (Wildman–Crippen MR) is 127 cm³/mol. The lowest BCUT2D eigenvalue weighted by molar-refractivity contribution is -0.114. The van der Waals surface area contributed by atoms with Gasteiger partial charge >= 0.3 is 0 Å². The van der Waals surface area contributed by atoms with E-state index in [1.165, 1.54) is 6.92 Å². The number of rotatable bonds is 5. The van der Waals surface area contributed by atoms with Crippen LogP contribution in [0.5, 0.6) is 5.75 Å². The number of amides is 2. The molecule has 2 amide bonds. The second-order valence-corrected chi connectivity index (χ2v) is 8.08. The van der Waals surface area contributed by atoms with Gasteiger partial charge in [0.1, 0.15) is 11.9 Å². The van der Waals surface area contributed by atoms with Crippen LogP contribution in [0.4, 0.5) is 5.69 Å². The lowest BCUT2D eigenvalue weighted by atomic mass is 10.0. The summed E-state index contributed by atoms with van der Waals surface area (Å²) in [6, 6.07) is 24.5. The maximum Gasteiger partial charge on any atom is 0.253 e. The van der Waals surface area contributed by atoms with Crippen LogP contribution in [0.2, 0.25) is 0 Å². The van der Waals surface area contributed by atoms with Gasteiger partial charge in [-0.25, -0.2) is 0 Å². The number of hydrogen-bond acceptors (Lipinski definition) is 4. The maximum absolute atomic E-state index is 12.8. The van der Waals surface area contributed by atoms with E-state index >= 15 is 0 Å². The van der Waals surface area contributed by atoms with Crippen molar-refractivity contribution in [1.29, 1.82) is 5.26 Å². The topological polar surface area (TPSA) is 82.4 Å². The van der Waals surface area contributed by atoms with Crippen molar-refractivity contribution >= 4 is 17.5 Å². The van der Waals surface area contributed by atoms with E-state index in [1.807, 2.05) is 53.4 Å². The van der Waals surface area contributed by atoms with E-state index in [0.29, 0.717) is 29.9 Å². The molecule has 0 unspecified atom stereocenters. The Hall–Kier alpha value is -4.11. The van der Waals surface area contributed by atoms with Crippen LogP contribution in [0.3, 0.4) is 0 Å². The Kier molecular flexibility index (Phi) is 6.70. The van der Waals surface area contributed by atoms with Crippen LogP contribution in [0.25, 0.3) is 11.1 Å². The van der Waals surface area contributed by atoms with Gasteiger partial charge < -0.3 is 15.0 Å². The standard InChI is InChI=1S/C27H25N3O3/c1-19(31)29-24-10-6-23(7-11-24)27(32)30-16-14-26(15-17-30)33-25-12-8-22(9-13-25)21-4-2-20(18-28)3-5-21/h2-13,26H,14-17H2,1H3,(H,29,31). The van der Waals surface area contributed by atoms with Gasteiger partial charge in [0.25, 0.3) is 5.91 Å². The van der Waals surface area contributed by atoms with Gasteiger partial charge in [-0.05, 0) is 59.7 Å². The minimum Gasteiger partial charge on any atom is -0.490 e. The first-order valence-corrected chi connectivity index (χ1v) is 11.0. The van der Waals surface area contributed by atoms with E-state index in [2.05, 4.69) is 11.4 Å². The number of hydrogen-bond donors (Lipinski definition) is 1. The van der Waals surface area contributed by atoms with Gasteiger partial charge in [-0.3, -0.25) is 9.59 Å². The summed E-state index contributed by atoms with van der Waals surface area (Å²) in [7, 11) is 0. The SMILES string of the molecule is CC(=O)Nc1ccc(C(=O)N2CCC(Oc3ccc(-c4ccc(C#N)cc4)cc3)CC2)cc1. The zero-order valence-corrected chi connectivity index (χ0v) is 18.5.